The predicted molar refractivity (Wildman–Crippen MR) is 115 cm³/mol. The highest BCUT2D eigenvalue weighted by Gasteiger charge is 2.03. The van der Waals surface area contributed by atoms with E-state index in [1.54, 1.807) is 6.21 Å². The molecule has 0 aromatic heterocycles. The van der Waals surface area contributed by atoms with Crippen LogP contribution in [0, 0.1) is 3.57 Å². The first-order chi connectivity index (χ1) is 11.6. The van der Waals surface area contributed by atoms with Crippen LogP contribution in [0.1, 0.15) is 18.1 Å². The van der Waals surface area contributed by atoms with E-state index in [1.807, 2.05) is 25.1 Å². The van der Waals surface area contributed by atoms with Gasteiger partial charge in [-0.2, -0.15) is 5.10 Å². The summed E-state index contributed by atoms with van der Waals surface area (Å²) in [5.41, 5.74) is 4.83. The Balaban J connectivity index is 1.92. The Bertz CT molecular complexity index is 722. The monoisotopic (exact) mass is 517 g/mol. The van der Waals surface area contributed by atoms with E-state index in [-0.39, 0.29) is 0 Å². The summed E-state index contributed by atoms with van der Waals surface area (Å²) in [6.07, 6.45) is 1.71. The number of thiocarbonyl (C=S) groups is 1. The lowest BCUT2D eigenvalue weighted by atomic mass is 10.2. The second kappa shape index (κ2) is 9.95. The molecule has 0 radical (unpaired) electrons. The lowest BCUT2D eigenvalue weighted by Gasteiger charge is -2.09. The van der Waals surface area contributed by atoms with Crippen LogP contribution in [-0.2, 0) is 6.61 Å². The second-order valence-electron chi connectivity index (χ2n) is 4.83. The Morgan fingerprint density at radius 3 is 2.71 bits per heavy atom. The van der Waals surface area contributed by atoms with Gasteiger partial charge in [0.05, 0.1) is 10.7 Å². The summed E-state index contributed by atoms with van der Waals surface area (Å²) in [7, 11) is 0. The Kier molecular flexibility index (Phi) is 7.93. The van der Waals surface area contributed by atoms with Gasteiger partial charge >= 0.3 is 0 Å². The quantitative estimate of drug-likeness (QED) is 0.257. The molecule has 0 atom stereocenters. The van der Waals surface area contributed by atoms with Crippen molar-refractivity contribution < 1.29 is 4.74 Å². The number of nitrogens with zero attached hydrogens (tertiary/aromatic N) is 1. The summed E-state index contributed by atoms with van der Waals surface area (Å²) >= 11 is 10.9. The van der Waals surface area contributed by atoms with E-state index in [9.17, 15) is 0 Å². The fraction of sp³-hybridized carbons (Fsp3) is 0.176. The van der Waals surface area contributed by atoms with Gasteiger partial charge < -0.3 is 10.1 Å². The predicted octanol–water partition coefficient (Wildman–Crippen LogP) is 4.45. The van der Waals surface area contributed by atoms with Gasteiger partial charge in [0, 0.05) is 10.1 Å². The molecule has 2 N–H and O–H groups in total. The Morgan fingerprint density at radius 1 is 1.29 bits per heavy atom. The second-order valence-corrected chi connectivity index (χ2v) is 7.34. The smallest absolute Gasteiger partial charge is 0.186 e. The third-order valence-electron chi connectivity index (χ3n) is 2.98. The van der Waals surface area contributed by atoms with Gasteiger partial charge in [-0.25, -0.2) is 0 Å². The Hall–Kier alpha value is -1.19. The summed E-state index contributed by atoms with van der Waals surface area (Å²) in [5, 5.41) is 7.56. The van der Waals surface area contributed by atoms with Gasteiger partial charge in [-0.1, -0.05) is 12.1 Å². The average molecular weight is 518 g/mol. The number of ether oxygens (including phenoxy) is 1. The van der Waals surface area contributed by atoms with Crippen molar-refractivity contribution in [2.45, 2.75) is 13.5 Å². The first-order valence-electron chi connectivity index (χ1n) is 7.32. The van der Waals surface area contributed by atoms with Crippen LogP contribution in [0.3, 0.4) is 0 Å². The van der Waals surface area contributed by atoms with Crippen molar-refractivity contribution in [1.29, 1.82) is 0 Å². The lowest BCUT2D eigenvalue weighted by molar-refractivity contribution is 0.304. The lowest BCUT2D eigenvalue weighted by Crippen LogP contribution is -2.31. The maximum absolute atomic E-state index is 5.85. The van der Waals surface area contributed by atoms with Gasteiger partial charge in [0.15, 0.2) is 5.11 Å². The Morgan fingerprint density at radius 2 is 2.04 bits per heavy atom. The van der Waals surface area contributed by atoms with E-state index in [4.69, 9.17) is 17.0 Å². The molecular weight excluding hydrogens is 501 g/mol. The van der Waals surface area contributed by atoms with Crippen LogP contribution < -0.4 is 15.5 Å². The third kappa shape index (κ3) is 6.37. The van der Waals surface area contributed by atoms with Crippen molar-refractivity contribution in [3.63, 3.8) is 0 Å². The molecule has 0 unspecified atom stereocenters. The first kappa shape index (κ1) is 19.1. The molecule has 0 fully saturated rings. The first-order valence-corrected chi connectivity index (χ1v) is 9.60. The molecule has 2 aromatic carbocycles. The zero-order valence-electron chi connectivity index (χ0n) is 13.1. The number of hydrazone groups is 1. The van der Waals surface area contributed by atoms with Crippen LogP contribution >= 0.6 is 50.7 Å². The number of halogens is 2. The molecule has 0 spiro atoms. The van der Waals surface area contributed by atoms with E-state index >= 15 is 0 Å². The van der Waals surface area contributed by atoms with Crippen LogP contribution in [0.4, 0.5) is 0 Å². The van der Waals surface area contributed by atoms with Crippen LogP contribution in [0.5, 0.6) is 5.75 Å². The van der Waals surface area contributed by atoms with Crippen LogP contribution in [-0.4, -0.2) is 17.9 Å². The van der Waals surface area contributed by atoms with Gasteiger partial charge in [-0.3, -0.25) is 5.43 Å². The van der Waals surface area contributed by atoms with Gasteiger partial charge in [-0.05, 0) is 99.1 Å². The highest BCUT2D eigenvalue weighted by atomic mass is 127. The molecule has 0 saturated heterocycles. The zero-order valence-corrected chi connectivity index (χ0v) is 17.6. The van der Waals surface area contributed by atoms with E-state index in [0.29, 0.717) is 11.7 Å². The number of rotatable bonds is 6. The molecule has 24 heavy (non-hydrogen) atoms. The van der Waals surface area contributed by atoms with Crippen molar-refractivity contribution in [2.24, 2.45) is 5.10 Å². The molecule has 7 heteroatoms. The van der Waals surface area contributed by atoms with E-state index in [0.717, 1.165) is 27.9 Å². The molecule has 0 aliphatic rings. The summed E-state index contributed by atoms with van der Waals surface area (Å²) in [6, 6.07) is 14.1. The molecule has 4 nitrogen and oxygen atoms in total. The molecule has 0 bridgehead atoms. The number of nitrogens with one attached hydrogen (secondary N) is 2. The minimum absolute atomic E-state index is 0.505. The molecule has 0 saturated carbocycles. The molecule has 0 amide bonds. The maximum atomic E-state index is 5.85. The molecule has 0 aliphatic carbocycles. The van der Waals surface area contributed by atoms with Gasteiger partial charge in [0.2, 0.25) is 0 Å². The summed E-state index contributed by atoms with van der Waals surface area (Å²) < 4.78 is 7.94. The largest absolute Gasteiger partial charge is 0.488 e. The van der Waals surface area contributed by atoms with Gasteiger partial charge in [0.1, 0.15) is 12.4 Å². The topological polar surface area (TPSA) is 45.7 Å². The number of hydrogen-bond acceptors (Lipinski definition) is 3. The van der Waals surface area contributed by atoms with E-state index in [2.05, 4.69) is 78.6 Å². The molecule has 126 valence electrons. The van der Waals surface area contributed by atoms with Crippen molar-refractivity contribution in [2.75, 3.05) is 6.54 Å². The minimum atomic E-state index is 0.505. The normalized spacial score (nSPS) is 10.6. The zero-order chi connectivity index (χ0) is 17.4. The van der Waals surface area contributed by atoms with Crippen molar-refractivity contribution in [3.05, 3.63) is 61.6 Å². The summed E-state index contributed by atoms with van der Waals surface area (Å²) in [5.74, 6) is 0.793. The van der Waals surface area contributed by atoms with Crippen molar-refractivity contribution in [3.8, 4) is 5.75 Å². The van der Waals surface area contributed by atoms with Crippen molar-refractivity contribution in [1.82, 2.24) is 10.7 Å². The number of benzene rings is 2. The van der Waals surface area contributed by atoms with Crippen LogP contribution in [0.25, 0.3) is 0 Å². The van der Waals surface area contributed by atoms with Crippen molar-refractivity contribution >= 4 is 62.1 Å². The van der Waals surface area contributed by atoms with Gasteiger partial charge in [0.25, 0.3) is 0 Å². The highest BCUT2D eigenvalue weighted by molar-refractivity contribution is 14.1. The summed E-state index contributed by atoms with van der Waals surface area (Å²) in [6.45, 7) is 3.27. The fourth-order valence-corrected chi connectivity index (χ4v) is 2.89. The fourth-order valence-electron chi connectivity index (χ4n) is 1.82. The van der Waals surface area contributed by atoms with Gasteiger partial charge in [-0.15, -0.1) is 0 Å². The standard InChI is InChI=1S/C17H17BrIN3OS/c1-2-20-17(24)22-21-10-13-5-8-16(15(18)9-13)23-11-12-3-6-14(19)7-4-12/h3-10H,2,11H2,1H3,(H2,20,22,24)/b21-10-. The molecule has 2 aromatic rings. The van der Waals surface area contributed by atoms with E-state index in [1.165, 1.54) is 3.57 Å². The summed E-state index contributed by atoms with van der Waals surface area (Å²) in [4.78, 5) is 0. The molecule has 2 rings (SSSR count). The molecule has 0 aliphatic heterocycles. The minimum Gasteiger partial charge on any atom is -0.488 e. The SMILES string of the molecule is CCNC(=S)N/N=C\c1ccc(OCc2ccc(I)cc2)c(Br)c1. The van der Waals surface area contributed by atoms with E-state index < -0.39 is 0 Å². The molecular formula is C17H17BrIN3OS. The maximum Gasteiger partial charge on any atom is 0.186 e. The Labute approximate surface area is 169 Å². The van der Waals surface area contributed by atoms with Crippen LogP contribution in [0.2, 0.25) is 0 Å². The third-order valence-corrected chi connectivity index (χ3v) is 4.56. The average Bonchev–Trinajstić information content (AvgIpc) is 2.56. The highest BCUT2D eigenvalue weighted by Crippen LogP contribution is 2.26. The molecule has 0 heterocycles. The van der Waals surface area contributed by atoms with Crippen LogP contribution in [0.15, 0.2) is 52.0 Å². The number of hydrogen-bond donors (Lipinski definition) is 2.